The van der Waals surface area contributed by atoms with Gasteiger partial charge in [-0.3, -0.25) is 0 Å². The van der Waals surface area contributed by atoms with Gasteiger partial charge in [0.2, 0.25) is 0 Å². The fourth-order valence-electron chi connectivity index (χ4n) is 1.64. The molecule has 0 bridgehead atoms. The summed E-state index contributed by atoms with van der Waals surface area (Å²) in [6.45, 7) is 6.50. The highest BCUT2D eigenvalue weighted by Gasteiger charge is 2.20. The second-order valence-electron chi connectivity index (χ2n) is 5.19. The zero-order valence-corrected chi connectivity index (χ0v) is 12.3. The van der Waals surface area contributed by atoms with E-state index < -0.39 is 0 Å². The van der Waals surface area contributed by atoms with Crippen LogP contribution in [0.5, 0.6) is 0 Å². The minimum Gasteiger partial charge on any atom is -0.380 e. The van der Waals surface area contributed by atoms with Gasteiger partial charge in [-0.2, -0.15) is 0 Å². The van der Waals surface area contributed by atoms with Gasteiger partial charge in [-0.15, -0.1) is 0 Å². The summed E-state index contributed by atoms with van der Waals surface area (Å²) < 4.78 is 5.63. The van der Waals surface area contributed by atoms with Gasteiger partial charge in [0.25, 0.3) is 0 Å². The molecule has 1 aliphatic carbocycles. The molecule has 1 saturated carbocycles. The van der Waals surface area contributed by atoms with Crippen molar-refractivity contribution in [3.63, 3.8) is 0 Å². The number of alkyl halides is 1. The molecule has 1 unspecified atom stereocenters. The Bertz CT molecular complexity index is 173. The molecule has 0 saturated heterocycles. The van der Waals surface area contributed by atoms with Crippen molar-refractivity contribution < 1.29 is 4.74 Å². The van der Waals surface area contributed by atoms with Crippen LogP contribution in [0.4, 0.5) is 0 Å². The molecule has 2 nitrogen and oxygen atoms in total. The molecular weight excluding hydrogens is 266 g/mol. The SMILES string of the molecule is CC(CCBr)CCN(C)CCOCC1CC1. The lowest BCUT2D eigenvalue weighted by Crippen LogP contribution is -2.25. The minimum absolute atomic E-state index is 0.828. The topological polar surface area (TPSA) is 12.5 Å². The van der Waals surface area contributed by atoms with Gasteiger partial charge < -0.3 is 9.64 Å². The van der Waals surface area contributed by atoms with Crippen molar-refractivity contribution in [2.45, 2.75) is 32.6 Å². The fraction of sp³-hybridized carbons (Fsp3) is 1.00. The Labute approximate surface area is 109 Å². The Morgan fingerprint density at radius 2 is 2.06 bits per heavy atom. The average Bonchev–Trinajstić information content (AvgIpc) is 3.06. The molecule has 1 aliphatic rings. The van der Waals surface area contributed by atoms with Crippen molar-refractivity contribution in [1.82, 2.24) is 4.90 Å². The summed E-state index contributed by atoms with van der Waals surface area (Å²) in [5, 5.41) is 1.13. The van der Waals surface area contributed by atoms with Crippen LogP contribution in [0.2, 0.25) is 0 Å². The Balaban J connectivity index is 1.86. The van der Waals surface area contributed by atoms with E-state index in [0.29, 0.717) is 0 Å². The summed E-state index contributed by atoms with van der Waals surface area (Å²) in [4.78, 5) is 2.39. The monoisotopic (exact) mass is 291 g/mol. The first-order valence-corrected chi connectivity index (χ1v) is 7.66. The van der Waals surface area contributed by atoms with Crippen LogP contribution >= 0.6 is 15.9 Å². The number of halogens is 1. The molecule has 0 spiro atoms. The van der Waals surface area contributed by atoms with Gasteiger partial charge in [0.05, 0.1) is 6.61 Å². The van der Waals surface area contributed by atoms with E-state index in [2.05, 4.69) is 34.8 Å². The van der Waals surface area contributed by atoms with E-state index >= 15 is 0 Å². The third kappa shape index (κ3) is 7.64. The van der Waals surface area contributed by atoms with Crippen LogP contribution in [0.15, 0.2) is 0 Å². The molecule has 0 amide bonds. The highest BCUT2D eigenvalue weighted by molar-refractivity contribution is 9.09. The molecule has 1 rings (SSSR count). The molecule has 1 atom stereocenters. The first-order valence-electron chi connectivity index (χ1n) is 6.54. The van der Waals surface area contributed by atoms with Crippen molar-refractivity contribution in [3.8, 4) is 0 Å². The predicted molar refractivity (Wildman–Crippen MR) is 73.2 cm³/mol. The summed E-state index contributed by atoms with van der Waals surface area (Å²) in [5.41, 5.74) is 0. The second-order valence-corrected chi connectivity index (χ2v) is 5.99. The van der Waals surface area contributed by atoms with E-state index in [4.69, 9.17) is 4.74 Å². The van der Waals surface area contributed by atoms with Crippen LogP contribution in [0.25, 0.3) is 0 Å². The maximum absolute atomic E-state index is 5.63. The quantitative estimate of drug-likeness (QED) is 0.453. The lowest BCUT2D eigenvalue weighted by Gasteiger charge is -2.18. The van der Waals surface area contributed by atoms with Crippen LogP contribution in [0.1, 0.15) is 32.6 Å². The third-order valence-electron chi connectivity index (χ3n) is 3.27. The van der Waals surface area contributed by atoms with E-state index in [1.165, 1.54) is 32.2 Å². The summed E-state index contributed by atoms with van der Waals surface area (Å²) in [6, 6.07) is 0. The zero-order valence-electron chi connectivity index (χ0n) is 10.8. The average molecular weight is 292 g/mol. The molecule has 0 aliphatic heterocycles. The normalized spacial score (nSPS) is 18.0. The Morgan fingerprint density at radius 3 is 2.69 bits per heavy atom. The first-order chi connectivity index (χ1) is 7.72. The molecule has 0 aromatic rings. The maximum atomic E-state index is 5.63. The van der Waals surface area contributed by atoms with Gasteiger partial charge in [-0.1, -0.05) is 22.9 Å². The summed E-state index contributed by atoms with van der Waals surface area (Å²) >= 11 is 3.49. The minimum atomic E-state index is 0.828. The van der Waals surface area contributed by atoms with Crippen LogP contribution < -0.4 is 0 Å². The molecule has 3 heteroatoms. The molecule has 0 radical (unpaired) electrons. The molecule has 0 aromatic heterocycles. The summed E-state index contributed by atoms with van der Waals surface area (Å²) in [5.74, 6) is 1.72. The number of rotatable bonds is 10. The van der Waals surface area contributed by atoms with Crippen molar-refractivity contribution in [2.24, 2.45) is 11.8 Å². The van der Waals surface area contributed by atoms with Crippen LogP contribution in [0, 0.1) is 11.8 Å². The smallest absolute Gasteiger partial charge is 0.0593 e. The van der Waals surface area contributed by atoms with Gasteiger partial charge in [0.15, 0.2) is 0 Å². The highest BCUT2D eigenvalue weighted by Crippen LogP contribution is 2.28. The molecule has 0 N–H and O–H groups in total. The zero-order chi connectivity index (χ0) is 11.8. The number of hydrogen-bond acceptors (Lipinski definition) is 2. The van der Waals surface area contributed by atoms with E-state index in [1.807, 2.05) is 0 Å². The van der Waals surface area contributed by atoms with E-state index in [0.717, 1.165) is 36.9 Å². The van der Waals surface area contributed by atoms with Gasteiger partial charge in [-0.05, 0) is 51.1 Å². The van der Waals surface area contributed by atoms with Gasteiger partial charge in [0, 0.05) is 18.5 Å². The summed E-state index contributed by atoms with van der Waals surface area (Å²) in [6.07, 6.45) is 5.36. The largest absolute Gasteiger partial charge is 0.380 e. The fourth-order valence-corrected chi connectivity index (χ4v) is 2.42. The lowest BCUT2D eigenvalue weighted by atomic mass is 10.1. The van der Waals surface area contributed by atoms with E-state index in [1.54, 1.807) is 0 Å². The van der Waals surface area contributed by atoms with E-state index in [9.17, 15) is 0 Å². The van der Waals surface area contributed by atoms with Crippen LogP contribution in [-0.2, 0) is 4.74 Å². The molecule has 1 fully saturated rings. The molecule has 0 aromatic carbocycles. The number of hydrogen-bond donors (Lipinski definition) is 0. The van der Waals surface area contributed by atoms with Gasteiger partial charge in [0.1, 0.15) is 0 Å². The molecule has 96 valence electrons. The van der Waals surface area contributed by atoms with Crippen molar-refractivity contribution in [2.75, 3.05) is 38.7 Å². The molecule has 16 heavy (non-hydrogen) atoms. The predicted octanol–water partition coefficient (Wildman–Crippen LogP) is 3.16. The van der Waals surface area contributed by atoms with Crippen molar-refractivity contribution in [3.05, 3.63) is 0 Å². The van der Waals surface area contributed by atoms with Crippen molar-refractivity contribution >= 4 is 15.9 Å². The highest BCUT2D eigenvalue weighted by atomic mass is 79.9. The Hall–Kier alpha value is 0.400. The molecule has 0 heterocycles. The third-order valence-corrected chi connectivity index (χ3v) is 3.73. The summed E-state index contributed by atoms with van der Waals surface area (Å²) in [7, 11) is 2.20. The standard InChI is InChI=1S/C13H26BrNO/c1-12(5-7-14)6-8-15(2)9-10-16-11-13-3-4-13/h12-13H,3-11H2,1-2H3. The van der Waals surface area contributed by atoms with Gasteiger partial charge >= 0.3 is 0 Å². The molecular formula is C13H26BrNO. The first kappa shape index (κ1) is 14.5. The number of likely N-dealkylation sites (N-methyl/N-ethyl adjacent to an activating group) is 1. The maximum Gasteiger partial charge on any atom is 0.0593 e. The Kier molecular flexibility index (Phi) is 7.67. The Morgan fingerprint density at radius 1 is 1.31 bits per heavy atom. The van der Waals surface area contributed by atoms with Gasteiger partial charge in [-0.25, -0.2) is 0 Å². The van der Waals surface area contributed by atoms with E-state index in [-0.39, 0.29) is 0 Å². The second kappa shape index (κ2) is 8.48. The van der Waals surface area contributed by atoms with Crippen LogP contribution in [0.3, 0.4) is 0 Å². The number of nitrogens with zero attached hydrogens (tertiary/aromatic N) is 1. The van der Waals surface area contributed by atoms with Crippen molar-refractivity contribution in [1.29, 1.82) is 0 Å². The number of ether oxygens (including phenoxy) is 1. The van der Waals surface area contributed by atoms with Crippen LogP contribution in [-0.4, -0.2) is 43.6 Å². The lowest BCUT2D eigenvalue weighted by molar-refractivity contribution is 0.102.